The molecular weight excluding hydrogens is 703 g/mol. The first-order chi connectivity index (χ1) is 25.0. The molecule has 0 unspecified atom stereocenters. The summed E-state index contributed by atoms with van der Waals surface area (Å²) in [6, 6.07) is 9.28. The van der Waals surface area contributed by atoms with Crippen molar-refractivity contribution in [2.75, 3.05) is 22.5 Å². The fourth-order valence-electron chi connectivity index (χ4n) is 7.08. The average Bonchev–Trinajstić information content (AvgIpc) is 3.70. The number of rotatable bonds is 14. The molecule has 0 radical (unpaired) electrons. The minimum atomic E-state index is -4.04. The zero-order chi connectivity index (χ0) is 36.8. The van der Waals surface area contributed by atoms with Crippen LogP contribution in [0.4, 0.5) is 10.9 Å². The highest BCUT2D eigenvalue weighted by Gasteiger charge is 2.28. The molecular formula is C37H45N7O6S2. The number of pyridine rings is 1. The number of carboxylic acid groups (broad SMARTS) is 1. The van der Waals surface area contributed by atoms with Gasteiger partial charge in [0.05, 0.1) is 11.9 Å². The summed E-state index contributed by atoms with van der Waals surface area (Å²) in [6.45, 7) is 5.59. The van der Waals surface area contributed by atoms with Crippen LogP contribution in [0.1, 0.15) is 100 Å². The van der Waals surface area contributed by atoms with Gasteiger partial charge >= 0.3 is 5.97 Å². The largest absolute Gasteiger partial charge is 0.481 e. The molecule has 0 bridgehead atoms. The van der Waals surface area contributed by atoms with Crippen molar-refractivity contribution in [3.8, 4) is 11.1 Å². The van der Waals surface area contributed by atoms with E-state index in [1.807, 2.05) is 41.6 Å². The molecule has 0 saturated heterocycles. The molecule has 1 aromatic carbocycles. The second-order valence-electron chi connectivity index (χ2n) is 13.7. The highest BCUT2D eigenvalue weighted by molar-refractivity contribution is 7.90. The number of benzene rings is 1. The van der Waals surface area contributed by atoms with Crippen molar-refractivity contribution in [2.45, 2.75) is 91.1 Å². The number of nitrogens with one attached hydrogen (secondary N) is 2. The van der Waals surface area contributed by atoms with Crippen molar-refractivity contribution < 1.29 is 27.9 Å². The second-order valence-corrected chi connectivity index (χ2v) is 16.8. The van der Waals surface area contributed by atoms with Gasteiger partial charge in [-0.3, -0.25) is 24.4 Å². The summed E-state index contributed by atoms with van der Waals surface area (Å²) in [4.78, 5) is 50.2. The molecule has 0 atom stereocenters. The van der Waals surface area contributed by atoms with Crippen LogP contribution in [0.5, 0.6) is 0 Å². The number of aryl methyl sites for hydroxylation is 1. The quantitative estimate of drug-likeness (QED) is 0.127. The van der Waals surface area contributed by atoms with Gasteiger partial charge in [-0.25, -0.2) is 23.1 Å². The number of unbranched alkanes of at least 4 members (excludes halogenated alkanes) is 2. The maximum Gasteiger partial charge on any atom is 0.303 e. The summed E-state index contributed by atoms with van der Waals surface area (Å²) in [7, 11) is -4.04. The van der Waals surface area contributed by atoms with Crippen LogP contribution >= 0.6 is 11.3 Å². The molecule has 13 nitrogen and oxygen atoms in total. The van der Waals surface area contributed by atoms with Crippen LogP contribution in [0.25, 0.3) is 11.1 Å². The van der Waals surface area contributed by atoms with E-state index in [2.05, 4.69) is 20.1 Å². The standard InChI is InChI=1S/C37H45N7O6S2/c1-24-20-38-37(51-24)41-35(47)29-13-9-12-27-17-18-43(23-31(27)29)32-16-15-28(30-21-39-44(25(30)2)22-26-10-5-3-6-11-26)34(40-32)36(48)42-52(49,50)19-8-4-7-14-33(45)46/h9,12-13,15-16,20-21,26H,3-8,10-11,14,17-19,22-23H2,1-2H3,(H,42,48)(H,45,46)(H,38,41,47). The van der Waals surface area contributed by atoms with Gasteiger partial charge in [0, 0.05) is 59.5 Å². The smallest absolute Gasteiger partial charge is 0.303 e. The van der Waals surface area contributed by atoms with Gasteiger partial charge < -0.3 is 10.0 Å². The number of carbonyl (C=O) groups excluding carboxylic acids is 2. The summed E-state index contributed by atoms with van der Waals surface area (Å²) in [5, 5.41) is 17.0. The first-order valence-electron chi connectivity index (χ1n) is 17.9. The molecule has 1 aliphatic heterocycles. The van der Waals surface area contributed by atoms with E-state index >= 15 is 0 Å². The van der Waals surface area contributed by atoms with Crippen LogP contribution in [0.2, 0.25) is 0 Å². The van der Waals surface area contributed by atoms with E-state index in [9.17, 15) is 22.8 Å². The molecule has 1 fully saturated rings. The lowest BCUT2D eigenvalue weighted by atomic mass is 9.89. The lowest BCUT2D eigenvalue weighted by Gasteiger charge is -2.31. The lowest BCUT2D eigenvalue weighted by molar-refractivity contribution is -0.137. The Hall–Kier alpha value is -4.63. The molecule has 3 aromatic heterocycles. The van der Waals surface area contributed by atoms with E-state index in [4.69, 9.17) is 10.1 Å². The molecule has 3 N–H and O–H groups in total. The summed E-state index contributed by atoms with van der Waals surface area (Å²) in [5.41, 5.74) is 4.43. The number of aliphatic carboxylic acids is 1. The van der Waals surface area contributed by atoms with Crippen LogP contribution in [-0.4, -0.2) is 63.4 Å². The summed E-state index contributed by atoms with van der Waals surface area (Å²) in [5.74, 6) is -1.36. The van der Waals surface area contributed by atoms with Crippen LogP contribution in [-0.2, 0) is 34.3 Å². The maximum atomic E-state index is 13.9. The number of thiazole rings is 1. The van der Waals surface area contributed by atoms with Crippen molar-refractivity contribution in [3.63, 3.8) is 0 Å². The summed E-state index contributed by atoms with van der Waals surface area (Å²) >= 11 is 1.40. The second kappa shape index (κ2) is 16.4. The first kappa shape index (κ1) is 37.1. The number of sulfonamides is 1. The van der Waals surface area contributed by atoms with Gasteiger partial charge in [0.2, 0.25) is 10.0 Å². The highest BCUT2D eigenvalue weighted by Crippen LogP contribution is 2.33. The van der Waals surface area contributed by atoms with Gasteiger partial charge in [0.25, 0.3) is 11.8 Å². The van der Waals surface area contributed by atoms with Crippen molar-refractivity contribution in [2.24, 2.45) is 5.92 Å². The number of amides is 2. The fraction of sp³-hybridized carbons (Fsp3) is 0.459. The molecule has 2 amide bonds. The van der Waals surface area contributed by atoms with Crippen molar-refractivity contribution >= 4 is 50.1 Å². The normalized spacial score (nSPS) is 14.9. The number of nitrogens with zero attached hydrogens (tertiary/aromatic N) is 5. The van der Waals surface area contributed by atoms with Crippen LogP contribution in [0.3, 0.4) is 0 Å². The zero-order valence-electron chi connectivity index (χ0n) is 29.6. The van der Waals surface area contributed by atoms with Crippen molar-refractivity contribution in [3.05, 3.63) is 75.7 Å². The summed E-state index contributed by atoms with van der Waals surface area (Å²) in [6.07, 6.45) is 11.0. The van der Waals surface area contributed by atoms with E-state index in [-0.39, 0.29) is 30.2 Å². The predicted molar refractivity (Wildman–Crippen MR) is 200 cm³/mol. The third-order valence-electron chi connectivity index (χ3n) is 9.88. The number of hydrogen-bond donors (Lipinski definition) is 3. The van der Waals surface area contributed by atoms with Gasteiger partial charge in [-0.15, -0.1) is 11.3 Å². The topological polar surface area (TPSA) is 176 Å². The molecule has 0 spiro atoms. The molecule has 4 aromatic rings. The third kappa shape index (κ3) is 9.05. The van der Waals surface area contributed by atoms with Gasteiger partial charge in [-0.2, -0.15) is 5.10 Å². The van der Waals surface area contributed by atoms with Gasteiger partial charge in [0.15, 0.2) is 5.13 Å². The Morgan fingerprint density at radius 3 is 2.54 bits per heavy atom. The molecule has 276 valence electrons. The Kier molecular flexibility index (Phi) is 11.7. The van der Waals surface area contributed by atoms with Gasteiger partial charge in [-0.1, -0.05) is 37.8 Å². The van der Waals surface area contributed by atoms with E-state index < -0.39 is 21.9 Å². The Labute approximate surface area is 307 Å². The Balaban J connectivity index is 1.28. The number of carboxylic acids is 1. The molecule has 52 heavy (non-hydrogen) atoms. The number of hydrogen-bond acceptors (Lipinski definition) is 10. The fourth-order valence-corrected chi connectivity index (χ4v) is 8.80. The van der Waals surface area contributed by atoms with E-state index in [0.717, 1.165) is 41.1 Å². The molecule has 4 heterocycles. The summed E-state index contributed by atoms with van der Waals surface area (Å²) < 4.78 is 30.3. The number of carbonyl (C=O) groups is 3. The monoisotopic (exact) mass is 747 g/mol. The molecule has 6 rings (SSSR count). The van der Waals surface area contributed by atoms with E-state index in [1.165, 1.54) is 30.6 Å². The Bertz CT molecular complexity index is 2050. The zero-order valence-corrected chi connectivity index (χ0v) is 31.2. The minimum absolute atomic E-state index is 0.0387. The van der Waals surface area contributed by atoms with Gasteiger partial charge in [-0.05, 0) is 81.2 Å². The number of aromatic nitrogens is 4. The highest BCUT2D eigenvalue weighted by atomic mass is 32.2. The van der Waals surface area contributed by atoms with Crippen molar-refractivity contribution in [1.82, 2.24) is 24.5 Å². The molecule has 1 aliphatic carbocycles. The third-order valence-corrected chi connectivity index (χ3v) is 12.0. The molecule has 2 aliphatic rings. The van der Waals surface area contributed by atoms with Gasteiger partial charge in [0.1, 0.15) is 11.5 Å². The van der Waals surface area contributed by atoms with E-state index in [0.29, 0.717) is 65.9 Å². The Morgan fingerprint density at radius 2 is 1.79 bits per heavy atom. The maximum absolute atomic E-state index is 13.9. The number of anilines is 2. The number of fused-ring (bicyclic) bond motifs is 1. The first-order valence-corrected chi connectivity index (χ1v) is 20.3. The average molecular weight is 748 g/mol. The molecule has 15 heteroatoms. The van der Waals surface area contributed by atoms with Crippen LogP contribution in [0, 0.1) is 19.8 Å². The SMILES string of the molecule is Cc1cnc(NC(=O)c2cccc3c2CN(c2ccc(-c4cnn(CC5CCCCC5)c4C)c(C(=O)NS(=O)(=O)CCCCCC(=O)O)n2)CC3)s1. The van der Waals surface area contributed by atoms with Crippen LogP contribution in [0.15, 0.2) is 42.7 Å². The van der Waals surface area contributed by atoms with Crippen molar-refractivity contribution in [1.29, 1.82) is 0 Å². The predicted octanol–water partition coefficient (Wildman–Crippen LogP) is 6.12. The Morgan fingerprint density at radius 1 is 0.981 bits per heavy atom. The van der Waals surface area contributed by atoms with Crippen LogP contribution < -0.4 is 14.9 Å². The lowest BCUT2D eigenvalue weighted by Crippen LogP contribution is -2.35. The minimum Gasteiger partial charge on any atom is -0.481 e. The van der Waals surface area contributed by atoms with E-state index in [1.54, 1.807) is 24.5 Å². The molecule has 1 saturated carbocycles.